The van der Waals surface area contributed by atoms with Crippen LogP contribution in [0, 0.1) is 0 Å². The summed E-state index contributed by atoms with van der Waals surface area (Å²) in [5.74, 6) is -1.21. The number of hydrogen-bond acceptors (Lipinski definition) is 5. The average Bonchev–Trinajstić information content (AvgIpc) is 2.47. The van der Waals surface area contributed by atoms with E-state index in [1.165, 1.54) is 0 Å². The maximum atomic E-state index is 11.2. The van der Waals surface area contributed by atoms with Crippen molar-refractivity contribution in [2.45, 2.75) is 37.9 Å². The van der Waals surface area contributed by atoms with Crippen molar-refractivity contribution < 1.29 is 24.1 Å². The summed E-state index contributed by atoms with van der Waals surface area (Å²) in [6.45, 7) is 3.23. The van der Waals surface area contributed by atoms with Crippen molar-refractivity contribution in [2.24, 2.45) is 0 Å². The Kier molecular flexibility index (Phi) is 1.83. The van der Waals surface area contributed by atoms with Crippen LogP contribution in [-0.4, -0.2) is 41.8 Å². The lowest BCUT2D eigenvalue weighted by Crippen LogP contribution is -2.31. The van der Waals surface area contributed by atoms with E-state index in [-0.39, 0.29) is 6.61 Å². The van der Waals surface area contributed by atoms with Crippen LogP contribution in [0.15, 0.2) is 0 Å². The van der Waals surface area contributed by atoms with Crippen LogP contribution in [0.3, 0.4) is 0 Å². The third-order valence-corrected chi connectivity index (χ3v) is 2.18. The van der Waals surface area contributed by atoms with Gasteiger partial charge in [-0.2, -0.15) is 0 Å². The number of aliphatic hydroxyl groups is 1. The maximum absolute atomic E-state index is 11.2. The summed E-state index contributed by atoms with van der Waals surface area (Å²) >= 11 is 0. The second kappa shape index (κ2) is 2.67. The van der Waals surface area contributed by atoms with Gasteiger partial charge in [-0.15, -0.1) is 0 Å². The van der Waals surface area contributed by atoms with E-state index < -0.39 is 30.1 Å². The van der Waals surface area contributed by atoms with Gasteiger partial charge in [0, 0.05) is 0 Å². The predicted molar refractivity (Wildman–Crippen MR) is 40.8 cm³/mol. The quantitative estimate of drug-likeness (QED) is 0.558. The van der Waals surface area contributed by atoms with Gasteiger partial charge in [0.05, 0.1) is 6.61 Å². The predicted octanol–water partition coefficient (Wildman–Crippen LogP) is -0.576. The summed E-state index contributed by atoms with van der Waals surface area (Å²) in [6, 6.07) is 0. The van der Waals surface area contributed by atoms with Crippen molar-refractivity contribution in [2.75, 3.05) is 6.61 Å². The zero-order valence-corrected chi connectivity index (χ0v) is 7.52. The SMILES string of the molecule is CC1(C)OC2C(=O)O[C@H](CO)[C@H]2O1. The molecule has 0 radical (unpaired) electrons. The van der Waals surface area contributed by atoms with E-state index >= 15 is 0 Å². The molecule has 0 bridgehead atoms. The summed E-state index contributed by atoms with van der Waals surface area (Å²) in [6.07, 6.45) is -1.72. The van der Waals surface area contributed by atoms with Crippen molar-refractivity contribution in [1.29, 1.82) is 0 Å². The topological polar surface area (TPSA) is 65.0 Å². The fraction of sp³-hybridized carbons (Fsp3) is 0.875. The fourth-order valence-electron chi connectivity index (χ4n) is 1.67. The molecule has 0 aromatic rings. The van der Waals surface area contributed by atoms with Crippen molar-refractivity contribution >= 4 is 5.97 Å². The summed E-state index contributed by atoms with van der Waals surface area (Å²) in [5.41, 5.74) is 0. The van der Waals surface area contributed by atoms with E-state index in [9.17, 15) is 4.79 Å². The van der Waals surface area contributed by atoms with Crippen LogP contribution >= 0.6 is 0 Å². The average molecular weight is 188 g/mol. The number of esters is 1. The van der Waals surface area contributed by atoms with Gasteiger partial charge < -0.3 is 19.3 Å². The normalized spacial score (nSPS) is 41.8. The molecule has 1 N–H and O–H groups in total. The van der Waals surface area contributed by atoms with E-state index in [1.54, 1.807) is 13.8 Å². The van der Waals surface area contributed by atoms with Crippen LogP contribution in [-0.2, 0) is 19.0 Å². The Morgan fingerprint density at radius 1 is 1.46 bits per heavy atom. The smallest absolute Gasteiger partial charge is 0.338 e. The third-order valence-electron chi connectivity index (χ3n) is 2.18. The summed E-state index contributed by atoms with van der Waals surface area (Å²) < 4.78 is 15.6. The molecule has 0 amide bonds. The molecule has 1 unspecified atom stereocenters. The first kappa shape index (κ1) is 8.93. The minimum Gasteiger partial charge on any atom is -0.455 e. The molecule has 5 nitrogen and oxygen atoms in total. The van der Waals surface area contributed by atoms with Crippen LogP contribution < -0.4 is 0 Å². The number of fused-ring (bicyclic) bond motifs is 1. The first-order valence-electron chi connectivity index (χ1n) is 4.20. The molecule has 74 valence electrons. The van der Waals surface area contributed by atoms with Crippen molar-refractivity contribution in [3.63, 3.8) is 0 Å². The monoisotopic (exact) mass is 188 g/mol. The molecule has 0 saturated carbocycles. The van der Waals surface area contributed by atoms with Crippen LogP contribution in [0.4, 0.5) is 0 Å². The van der Waals surface area contributed by atoms with Gasteiger partial charge in [-0.25, -0.2) is 4.79 Å². The van der Waals surface area contributed by atoms with Gasteiger partial charge >= 0.3 is 5.97 Å². The van der Waals surface area contributed by atoms with Crippen LogP contribution in [0.2, 0.25) is 0 Å². The van der Waals surface area contributed by atoms with Gasteiger partial charge in [0.2, 0.25) is 0 Å². The number of ether oxygens (including phenoxy) is 3. The summed E-state index contributed by atoms with van der Waals surface area (Å²) in [5, 5.41) is 8.89. The second-order valence-electron chi connectivity index (χ2n) is 3.68. The molecule has 2 fully saturated rings. The van der Waals surface area contributed by atoms with Crippen molar-refractivity contribution in [3.8, 4) is 0 Å². The van der Waals surface area contributed by atoms with Gasteiger partial charge in [-0.1, -0.05) is 0 Å². The first-order chi connectivity index (χ1) is 6.03. The highest BCUT2D eigenvalue weighted by Crippen LogP contribution is 2.35. The Labute approximate surface area is 75.6 Å². The second-order valence-corrected chi connectivity index (χ2v) is 3.68. The number of aliphatic hydroxyl groups excluding tert-OH is 1. The largest absolute Gasteiger partial charge is 0.455 e. The highest BCUT2D eigenvalue weighted by atomic mass is 16.8. The Hall–Kier alpha value is -0.650. The molecule has 2 rings (SSSR count). The number of hydrogen-bond donors (Lipinski definition) is 1. The molecule has 2 heterocycles. The molecular weight excluding hydrogens is 176 g/mol. The molecule has 3 atom stereocenters. The van der Waals surface area contributed by atoms with Crippen LogP contribution in [0.1, 0.15) is 13.8 Å². The minimum atomic E-state index is -0.762. The van der Waals surface area contributed by atoms with E-state index in [4.69, 9.17) is 19.3 Å². The lowest BCUT2D eigenvalue weighted by molar-refractivity contribution is -0.188. The Morgan fingerprint density at radius 2 is 2.15 bits per heavy atom. The zero-order valence-electron chi connectivity index (χ0n) is 7.52. The van der Waals surface area contributed by atoms with Gasteiger partial charge in [0.1, 0.15) is 6.10 Å². The number of rotatable bonds is 1. The molecule has 0 aliphatic carbocycles. The van der Waals surface area contributed by atoms with Crippen LogP contribution in [0.25, 0.3) is 0 Å². The summed E-state index contributed by atoms with van der Waals surface area (Å²) in [4.78, 5) is 11.2. The summed E-state index contributed by atoms with van der Waals surface area (Å²) in [7, 11) is 0. The lowest BCUT2D eigenvalue weighted by atomic mass is 10.1. The molecule has 2 aliphatic rings. The van der Waals surface area contributed by atoms with Gasteiger partial charge in [-0.3, -0.25) is 0 Å². The number of cyclic esters (lactones) is 1. The Bertz CT molecular complexity index is 237. The van der Waals surface area contributed by atoms with Crippen molar-refractivity contribution in [1.82, 2.24) is 0 Å². The minimum absolute atomic E-state index is 0.230. The first-order valence-corrected chi connectivity index (χ1v) is 4.20. The Morgan fingerprint density at radius 3 is 2.77 bits per heavy atom. The van der Waals surface area contributed by atoms with Gasteiger partial charge in [0.25, 0.3) is 0 Å². The third kappa shape index (κ3) is 1.33. The fourth-order valence-corrected chi connectivity index (χ4v) is 1.67. The molecule has 13 heavy (non-hydrogen) atoms. The molecule has 0 spiro atoms. The van der Waals surface area contributed by atoms with Gasteiger partial charge in [-0.05, 0) is 13.8 Å². The van der Waals surface area contributed by atoms with E-state index in [2.05, 4.69) is 0 Å². The molecular formula is C8H12O5. The van der Waals surface area contributed by atoms with Crippen molar-refractivity contribution in [3.05, 3.63) is 0 Å². The van der Waals surface area contributed by atoms with E-state index in [1.807, 2.05) is 0 Å². The number of carbonyl (C=O) groups excluding carboxylic acids is 1. The van der Waals surface area contributed by atoms with Crippen LogP contribution in [0.5, 0.6) is 0 Å². The highest BCUT2D eigenvalue weighted by Gasteiger charge is 2.55. The molecule has 2 saturated heterocycles. The maximum Gasteiger partial charge on any atom is 0.338 e. The highest BCUT2D eigenvalue weighted by molar-refractivity contribution is 5.78. The molecule has 0 aromatic carbocycles. The number of carbonyl (C=O) groups is 1. The van der Waals surface area contributed by atoms with E-state index in [0.29, 0.717) is 0 Å². The lowest BCUT2D eigenvalue weighted by Gasteiger charge is -2.20. The van der Waals surface area contributed by atoms with E-state index in [0.717, 1.165) is 0 Å². The standard InChI is InChI=1S/C8H12O5/c1-8(2)12-5-4(3-9)11-7(10)6(5)13-8/h4-6,9H,3H2,1-2H3/t4-,5-,6?/m1/s1. The molecule has 0 aromatic heterocycles. The zero-order chi connectivity index (χ0) is 9.64. The molecule has 5 heteroatoms. The Balaban J connectivity index is 2.17. The van der Waals surface area contributed by atoms with Gasteiger partial charge in [0.15, 0.2) is 18.0 Å². The molecule has 2 aliphatic heterocycles.